The summed E-state index contributed by atoms with van der Waals surface area (Å²) in [6, 6.07) is 0. The molecular weight excluding hydrogens is 328 g/mol. The summed E-state index contributed by atoms with van der Waals surface area (Å²) in [6.45, 7) is 7.36. The van der Waals surface area contributed by atoms with E-state index in [9.17, 15) is 9.59 Å². The summed E-state index contributed by atoms with van der Waals surface area (Å²) in [6.07, 6.45) is 2.45. The second-order valence-corrected chi connectivity index (χ2v) is 6.28. The molecule has 144 valence electrons. The molecule has 2 rings (SSSR count). The quantitative estimate of drug-likeness (QED) is 0.396. The highest BCUT2D eigenvalue weighted by Gasteiger charge is 2.15. The molecule has 2 aliphatic heterocycles. The molecule has 0 unspecified atom stereocenters. The van der Waals surface area contributed by atoms with Crippen LogP contribution in [0.5, 0.6) is 0 Å². The van der Waals surface area contributed by atoms with Crippen LogP contribution in [-0.4, -0.2) is 101 Å². The number of ether oxygens (including phenoxy) is 4. The van der Waals surface area contributed by atoms with Gasteiger partial charge in [0, 0.05) is 26.2 Å². The lowest BCUT2D eigenvalue weighted by Gasteiger charge is -2.25. The minimum absolute atomic E-state index is 0.182. The third-order valence-electron chi connectivity index (χ3n) is 4.23. The van der Waals surface area contributed by atoms with Gasteiger partial charge in [0.25, 0.3) is 0 Å². The number of rotatable bonds is 10. The summed E-state index contributed by atoms with van der Waals surface area (Å²) in [5.41, 5.74) is 0. The van der Waals surface area contributed by atoms with Crippen LogP contribution in [0.25, 0.3) is 0 Å². The molecular formula is C17H30N2O6. The van der Waals surface area contributed by atoms with Crippen LogP contribution in [0.1, 0.15) is 19.3 Å². The average molecular weight is 358 g/mol. The zero-order valence-corrected chi connectivity index (χ0v) is 15.0. The number of esters is 2. The van der Waals surface area contributed by atoms with E-state index < -0.39 is 0 Å². The zero-order valence-electron chi connectivity index (χ0n) is 15.0. The van der Waals surface area contributed by atoms with E-state index in [0.717, 1.165) is 45.4 Å². The molecule has 2 fully saturated rings. The second-order valence-electron chi connectivity index (χ2n) is 6.28. The Balaban J connectivity index is 1.38. The Kier molecular flexibility index (Phi) is 9.79. The van der Waals surface area contributed by atoms with Gasteiger partial charge in [0.05, 0.1) is 52.7 Å². The fraction of sp³-hybridized carbons (Fsp3) is 0.882. The average Bonchev–Trinajstić information content (AvgIpc) is 2.62. The van der Waals surface area contributed by atoms with Crippen molar-refractivity contribution in [2.24, 2.45) is 0 Å². The Bertz CT molecular complexity index is 359. The molecule has 0 amide bonds. The monoisotopic (exact) mass is 358 g/mol. The van der Waals surface area contributed by atoms with Crippen LogP contribution in [0, 0.1) is 0 Å². The van der Waals surface area contributed by atoms with Gasteiger partial charge in [-0.3, -0.25) is 19.4 Å². The normalized spacial score (nSPS) is 19.5. The third-order valence-corrected chi connectivity index (χ3v) is 4.23. The van der Waals surface area contributed by atoms with E-state index >= 15 is 0 Å². The van der Waals surface area contributed by atoms with Gasteiger partial charge in [-0.2, -0.15) is 0 Å². The molecule has 0 saturated carbocycles. The SMILES string of the molecule is O=C(CN1CCOCC1)OCCCCCOC(=O)CN1CCOCC1. The van der Waals surface area contributed by atoms with E-state index in [0.29, 0.717) is 52.7 Å². The Morgan fingerprint density at radius 1 is 0.680 bits per heavy atom. The lowest BCUT2D eigenvalue weighted by atomic mass is 10.2. The highest BCUT2D eigenvalue weighted by molar-refractivity contribution is 5.72. The van der Waals surface area contributed by atoms with E-state index in [1.54, 1.807) is 0 Å². The zero-order chi connectivity index (χ0) is 17.7. The molecule has 25 heavy (non-hydrogen) atoms. The van der Waals surface area contributed by atoms with Crippen LogP contribution in [0.15, 0.2) is 0 Å². The number of carbonyl (C=O) groups is 2. The molecule has 8 nitrogen and oxygen atoms in total. The van der Waals surface area contributed by atoms with Gasteiger partial charge in [0.15, 0.2) is 0 Å². The summed E-state index contributed by atoms with van der Waals surface area (Å²) in [4.78, 5) is 27.5. The highest BCUT2D eigenvalue weighted by Crippen LogP contribution is 2.01. The summed E-state index contributed by atoms with van der Waals surface area (Å²) < 4.78 is 20.9. The number of nitrogens with zero attached hydrogens (tertiary/aromatic N) is 2. The minimum atomic E-state index is -0.182. The Hall–Kier alpha value is -1.22. The first-order valence-electron chi connectivity index (χ1n) is 9.15. The number of carbonyl (C=O) groups excluding carboxylic acids is 2. The van der Waals surface area contributed by atoms with Crippen molar-refractivity contribution in [1.29, 1.82) is 0 Å². The molecule has 0 N–H and O–H groups in total. The van der Waals surface area contributed by atoms with Crippen molar-refractivity contribution in [3.63, 3.8) is 0 Å². The Morgan fingerprint density at radius 2 is 1.08 bits per heavy atom. The summed E-state index contributed by atoms with van der Waals surface area (Å²) in [5, 5.41) is 0. The van der Waals surface area contributed by atoms with Crippen LogP contribution in [-0.2, 0) is 28.5 Å². The molecule has 0 bridgehead atoms. The number of hydrogen-bond donors (Lipinski definition) is 0. The van der Waals surface area contributed by atoms with Crippen LogP contribution in [0.4, 0.5) is 0 Å². The number of morpholine rings is 2. The number of hydrogen-bond acceptors (Lipinski definition) is 8. The van der Waals surface area contributed by atoms with E-state index in [2.05, 4.69) is 0 Å². The molecule has 8 heteroatoms. The molecule has 0 spiro atoms. The lowest BCUT2D eigenvalue weighted by Crippen LogP contribution is -2.40. The van der Waals surface area contributed by atoms with Gasteiger partial charge in [0.1, 0.15) is 0 Å². The van der Waals surface area contributed by atoms with Gasteiger partial charge in [0.2, 0.25) is 0 Å². The van der Waals surface area contributed by atoms with E-state index in [1.807, 2.05) is 9.80 Å². The molecule has 0 atom stereocenters. The van der Waals surface area contributed by atoms with Gasteiger partial charge < -0.3 is 18.9 Å². The van der Waals surface area contributed by atoms with Crippen LogP contribution in [0.2, 0.25) is 0 Å². The molecule has 0 aromatic heterocycles. The van der Waals surface area contributed by atoms with Gasteiger partial charge in [-0.05, 0) is 19.3 Å². The first-order chi connectivity index (χ1) is 12.2. The molecule has 0 aromatic rings. The van der Waals surface area contributed by atoms with Crippen molar-refractivity contribution >= 4 is 11.9 Å². The van der Waals surface area contributed by atoms with Crippen LogP contribution < -0.4 is 0 Å². The predicted octanol–water partition coefficient (Wildman–Crippen LogP) is -0.0925. The smallest absolute Gasteiger partial charge is 0.320 e. The van der Waals surface area contributed by atoms with Crippen molar-refractivity contribution < 1.29 is 28.5 Å². The van der Waals surface area contributed by atoms with Crippen molar-refractivity contribution in [3.05, 3.63) is 0 Å². The van der Waals surface area contributed by atoms with Crippen molar-refractivity contribution in [3.8, 4) is 0 Å². The second kappa shape index (κ2) is 12.2. The fourth-order valence-electron chi connectivity index (χ4n) is 2.73. The summed E-state index contributed by atoms with van der Waals surface area (Å²) >= 11 is 0. The minimum Gasteiger partial charge on any atom is -0.465 e. The van der Waals surface area contributed by atoms with Crippen molar-refractivity contribution in [2.45, 2.75) is 19.3 Å². The Morgan fingerprint density at radius 3 is 1.48 bits per heavy atom. The first kappa shape index (κ1) is 20.1. The number of unbranched alkanes of at least 4 members (excludes halogenated alkanes) is 2. The van der Waals surface area contributed by atoms with E-state index in [1.165, 1.54) is 0 Å². The maximum Gasteiger partial charge on any atom is 0.320 e. The standard InChI is InChI=1S/C17H30N2O6/c20-16(14-18-4-10-22-11-5-18)24-8-2-1-3-9-25-17(21)15-19-6-12-23-13-7-19/h1-15H2. The van der Waals surface area contributed by atoms with Crippen LogP contribution in [0.3, 0.4) is 0 Å². The molecule has 0 aromatic carbocycles. The van der Waals surface area contributed by atoms with Gasteiger partial charge in [-0.25, -0.2) is 0 Å². The van der Waals surface area contributed by atoms with Gasteiger partial charge >= 0.3 is 11.9 Å². The van der Waals surface area contributed by atoms with Crippen molar-refractivity contribution in [2.75, 3.05) is 78.9 Å². The van der Waals surface area contributed by atoms with E-state index in [4.69, 9.17) is 18.9 Å². The van der Waals surface area contributed by atoms with Crippen molar-refractivity contribution in [1.82, 2.24) is 9.80 Å². The molecule has 0 radical (unpaired) electrons. The Labute approximate surface area is 149 Å². The first-order valence-corrected chi connectivity index (χ1v) is 9.15. The summed E-state index contributed by atoms with van der Waals surface area (Å²) in [5.74, 6) is -0.363. The van der Waals surface area contributed by atoms with E-state index in [-0.39, 0.29) is 11.9 Å². The maximum atomic E-state index is 11.7. The lowest BCUT2D eigenvalue weighted by molar-refractivity contribution is -0.146. The molecule has 2 aliphatic rings. The van der Waals surface area contributed by atoms with Crippen LogP contribution >= 0.6 is 0 Å². The molecule has 2 heterocycles. The topological polar surface area (TPSA) is 77.5 Å². The molecule has 2 saturated heterocycles. The largest absolute Gasteiger partial charge is 0.465 e. The molecule has 0 aliphatic carbocycles. The third kappa shape index (κ3) is 9.15. The predicted molar refractivity (Wildman–Crippen MR) is 90.3 cm³/mol. The maximum absolute atomic E-state index is 11.7. The fourth-order valence-corrected chi connectivity index (χ4v) is 2.73. The van der Waals surface area contributed by atoms with Gasteiger partial charge in [-0.1, -0.05) is 0 Å². The summed E-state index contributed by atoms with van der Waals surface area (Å²) in [7, 11) is 0. The highest BCUT2D eigenvalue weighted by atomic mass is 16.5. The van der Waals surface area contributed by atoms with Gasteiger partial charge in [-0.15, -0.1) is 0 Å².